The predicted octanol–water partition coefficient (Wildman–Crippen LogP) is 0.864. The summed E-state index contributed by atoms with van der Waals surface area (Å²) in [6.07, 6.45) is 0.401. The molecule has 0 aliphatic carbocycles. The number of hydrogen-bond acceptors (Lipinski definition) is 3. The van der Waals surface area contributed by atoms with Crippen molar-refractivity contribution >= 4 is 12.4 Å². The van der Waals surface area contributed by atoms with Crippen LogP contribution in [0, 0.1) is 0 Å². The van der Waals surface area contributed by atoms with Crippen molar-refractivity contribution in [1.82, 2.24) is 5.32 Å². The summed E-state index contributed by atoms with van der Waals surface area (Å²) in [6.45, 7) is 1.31. The van der Waals surface area contributed by atoms with Crippen LogP contribution in [0.25, 0.3) is 0 Å². The van der Waals surface area contributed by atoms with Crippen LogP contribution in [-0.2, 0) is 20.7 Å². The summed E-state index contributed by atoms with van der Waals surface area (Å²) in [5.41, 5.74) is 0.998. The zero-order valence-electron chi connectivity index (χ0n) is 8.47. The molecular formula is C11H13NO3. The van der Waals surface area contributed by atoms with E-state index >= 15 is 0 Å². The Kier molecular flexibility index (Phi) is 4.34. The molecule has 0 bridgehead atoms. The van der Waals surface area contributed by atoms with Crippen molar-refractivity contribution < 1.29 is 14.3 Å². The Morgan fingerprint density at radius 2 is 2.13 bits per heavy atom. The van der Waals surface area contributed by atoms with Gasteiger partial charge in [0.2, 0.25) is 6.41 Å². The maximum absolute atomic E-state index is 10.7. The summed E-state index contributed by atoms with van der Waals surface area (Å²) < 4.78 is 4.91. The molecule has 1 aromatic rings. The SMILES string of the molecule is CC(=O)OC(Cc1ccccc1)NC=O. The topological polar surface area (TPSA) is 55.4 Å². The minimum absolute atomic E-state index is 0.412. The first-order valence-corrected chi connectivity index (χ1v) is 4.63. The Hall–Kier alpha value is -1.84. The molecule has 1 N–H and O–H groups in total. The third-order valence-electron chi connectivity index (χ3n) is 1.83. The Morgan fingerprint density at radius 3 is 2.67 bits per heavy atom. The second-order valence-corrected chi connectivity index (χ2v) is 3.07. The lowest BCUT2D eigenvalue weighted by atomic mass is 10.1. The van der Waals surface area contributed by atoms with Crippen molar-refractivity contribution in [2.75, 3.05) is 0 Å². The number of rotatable bonds is 5. The lowest BCUT2D eigenvalue weighted by Gasteiger charge is -2.15. The summed E-state index contributed by atoms with van der Waals surface area (Å²) in [5, 5.41) is 2.44. The van der Waals surface area contributed by atoms with Crippen LogP contribution in [0.5, 0.6) is 0 Å². The third kappa shape index (κ3) is 4.26. The molecule has 0 aliphatic rings. The number of amides is 1. The normalized spacial score (nSPS) is 11.5. The van der Waals surface area contributed by atoms with E-state index in [9.17, 15) is 9.59 Å². The minimum Gasteiger partial charge on any atom is -0.442 e. The van der Waals surface area contributed by atoms with Crippen LogP contribution in [-0.4, -0.2) is 18.6 Å². The van der Waals surface area contributed by atoms with Gasteiger partial charge < -0.3 is 10.1 Å². The van der Waals surface area contributed by atoms with Crippen molar-refractivity contribution in [3.63, 3.8) is 0 Å². The van der Waals surface area contributed by atoms with Crippen LogP contribution in [0.2, 0.25) is 0 Å². The Labute approximate surface area is 88.2 Å². The van der Waals surface area contributed by atoms with Crippen molar-refractivity contribution in [3.8, 4) is 0 Å². The zero-order chi connectivity index (χ0) is 11.1. The maximum Gasteiger partial charge on any atom is 0.304 e. The highest BCUT2D eigenvalue weighted by molar-refractivity contribution is 5.66. The highest BCUT2D eigenvalue weighted by Crippen LogP contribution is 2.03. The fourth-order valence-corrected chi connectivity index (χ4v) is 1.24. The molecule has 0 aromatic heterocycles. The second-order valence-electron chi connectivity index (χ2n) is 3.07. The average Bonchev–Trinajstić information content (AvgIpc) is 2.18. The molecule has 1 rings (SSSR count). The Morgan fingerprint density at radius 1 is 1.47 bits per heavy atom. The monoisotopic (exact) mass is 207 g/mol. The Bertz CT molecular complexity index is 324. The molecule has 1 amide bonds. The summed E-state index contributed by atoms with van der Waals surface area (Å²) >= 11 is 0. The largest absolute Gasteiger partial charge is 0.442 e. The number of carbonyl (C=O) groups is 2. The molecule has 4 heteroatoms. The average molecular weight is 207 g/mol. The molecule has 80 valence electrons. The van der Waals surface area contributed by atoms with Gasteiger partial charge in [-0.05, 0) is 5.56 Å². The van der Waals surface area contributed by atoms with Crippen molar-refractivity contribution in [2.45, 2.75) is 19.6 Å². The maximum atomic E-state index is 10.7. The van der Waals surface area contributed by atoms with E-state index in [4.69, 9.17) is 4.74 Å². The molecule has 1 aromatic carbocycles. The fourth-order valence-electron chi connectivity index (χ4n) is 1.24. The Balaban J connectivity index is 2.58. The van der Waals surface area contributed by atoms with Crippen molar-refractivity contribution in [1.29, 1.82) is 0 Å². The van der Waals surface area contributed by atoms with Gasteiger partial charge in [-0.3, -0.25) is 9.59 Å². The van der Waals surface area contributed by atoms with Gasteiger partial charge in [-0.25, -0.2) is 0 Å². The minimum atomic E-state index is -0.595. The van der Waals surface area contributed by atoms with E-state index in [0.29, 0.717) is 12.8 Å². The molecule has 1 unspecified atom stereocenters. The molecule has 0 fully saturated rings. The van der Waals surface area contributed by atoms with E-state index in [1.54, 1.807) is 0 Å². The van der Waals surface area contributed by atoms with Gasteiger partial charge in [-0.2, -0.15) is 0 Å². The summed E-state index contributed by atoms with van der Waals surface area (Å²) in [4.78, 5) is 21.0. The van der Waals surface area contributed by atoms with Gasteiger partial charge in [0.15, 0.2) is 6.23 Å². The van der Waals surface area contributed by atoms with Crippen LogP contribution in [0.3, 0.4) is 0 Å². The molecule has 0 heterocycles. The molecule has 0 radical (unpaired) electrons. The molecule has 0 spiro atoms. The van der Waals surface area contributed by atoms with Gasteiger partial charge >= 0.3 is 5.97 Å². The molecule has 15 heavy (non-hydrogen) atoms. The van der Waals surface area contributed by atoms with Gasteiger partial charge in [-0.1, -0.05) is 30.3 Å². The fraction of sp³-hybridized carbons (Fsp3) is 0.273. The first-order chi connectivity index (χ1) is 7.22. The van der Waals surface area contributed by atoms with Crippen LogP contribution < -0.4 is 5.32 Å². The van der Waals surface area contributed by atoms with Crippen LogP contribution in [0.4, 0.5) is 0 Å². The molecule has 0 saturated carbocycles. The van der Waals surface area contributed by atoms with E-state index in [2.05, 4.69) is 5.32 Å². The lowest BCUT2D eigenvalue weighted by Crippen LogP contribution is -2.34. The van der Waals surface area contributed by atoms with Crippen LogP contribution in [0.15, 0.2) is 30.3 Å². The number of nitrogens with one attached hydrogen (secondary N) is 1. The summed E-state index contributed by atoms with van der Waals surface area (Å²) in [7, 11) is 0. The second kappa shape index (κ2) is 5.80. The van der Waals surface area contributed by atoms with Gasteiger partial charge in [0.05, 0.1) is 0 Å². The lowest BCUT2D eigenvalue weighted by molar-refractivity contribution is -0.148. The predicted molar refractivity (Wildman–Crippen MR) is 54.9 cm³/mol. The van der Waals surface area contributed by atoms with E-state index in [0.717, 1.165) is 5.56 Å². The molecule has 4 nitrogen and oxygen atoms in total. The standard InChI is InChI=1S/C11H13NO3/c1-9(14)15-11(12-8-13)7-10-5-3-2-4-6-10/h2-6,8,11H,7H2,1H3,(H,12,13). The number of benzene rings is 1. The smallest absolute Gasteiger partial charge is 0.304 e. The number of esters is 1. The van der Waals surface area contributed by atoms with Crippen LogP contribution in [0.1, 0.15) is 12.5 Å². The van der Waals surface area contributed by atoms with E-state index in [1.165, 1.54) is 6.92 Å². The van der Waals surface area contributed by atoms with Crippen molar-refractivity contribution in [3.05, 3.63) is 35.9 Å². The summed E-state index contributed by atoms with van der Waals surface area (Å²) in [5.74, 6) is -0.412. The van der Waals surface area contributed by atoms with Gasteiger partial charge in [0.25, 0.3) is 0 Å². The zero-order valence-corrected chi connectivity index (χ0v) is 8.47. The molecule has 1 atom stereocenters. The molecule has 0 saturated heterocycles. The quantitative estimate of drug-likeness (QED) is 0.442. The van der Waals surface area contributed by atoms with E-state index in [1.807, 2.05) is 30.3 Å². The number of hydrogen-bond donors (Lipinski definition) is 1. The first-order valence-electron chi connectivity index (χ1n) is 4.63. The van der Waals surface area contributed by atoms with E-state index in [-0.39, 0.29) is 0 Å². The van der Waals surface area contributed by atoms with Gasteiger partial charge in [0.1, 0.15) is 0 Å². The van der Waals surface area contributed by atoms with Crippen LogP contribution >= 0.6 is 0 Å². The summed E-state index contributed by atoms with van der Waals surface area (Å²) in [6, 6.07) is 9.49. The van der Waals surface area contributed by atoms with Gasteiger partial charge in [0, 0.05) is 13.3 Å². The first kappa shape index (κ1) is 11.2. The third-order valence-corrected chi connectivity index (χ3v) is 1.83. The van der Waals surface area contributed by atoms with Crippen molar-refractivity contribution in [2.24, 2.45) is 0 Å². The number of ether oxygens (including phenoxy) is 1. The van der Waals surface area contributed by atoms with Gasteiger partial charge in [-0.15, -0.1) is 0 Å². The molecule has 0 aliphatic heterocycles. The number of carbonyl (C=O) groups excluding carboxylic acids is 2. The molecular weight excluding hydrogens is 194 g/mol. The highest BCUT2D eigenvalue weighted by atomic mass is 16.6. The highest BCUT2D eigenvalue weighted by Gasteiger charge is 2.10. The van der Waals surface area contributed by atoms with E-state index < -0.39 is 12.2 Å².